The van der Waals surface area contributed by atoms with E-state index in [1.807, 2.05) is 12.3 Å². The van der Waals surface area contributed by atoms with Crippen molar-refractivity contribution in [2.45, 2.75) is 6.42 Å². The van der Waals surface area contributed by atoms with E-state index in [2.05, 4.69) is 11.1 Å². The lowest BCUT2D eigenvalue weighted by atomic mass is 9.99. The second-order valence-corrected chi connectivity index (χ2v) is 2.97. The van der Waals surface area contributed by atoms with Gasteiger partial charge in [-0.15, -0.1) is 0 Å². The van der Waals surface area contributed by atoms with Crippen molar-refractivity contribution in [1.82, 2.24) is 4.98 Å². The molecule has 1 aliphatic rings. The Morgan fingerprint density at radius 3 is 3.00 bits per heavy atom. The Balaban J connectivity index is 1.95. The minimum Gasteiger partial charge on any atom is -0.381 e. The molecule has 0 aromatic carbocycles. The first-order valence-electron chi connectivity index (χ1n) is 3.92. The van der Waals surface area contributed by atoms with Crippen LogP contribution >= 0.6 is 0 Å². The largest absolute Gasteiger partial charge is 0.381 e. The van der Waals surface area contributed by atoms with E-state index in [0.717, 1.165) is 25.6 Å². The average molecular weight is 149 g/mol. The molecule has 0 unspecified atom stereocenters. The van der Waals surface area contributed by atoms with E-state index >= 15 is 0 Å². The van der Waals surface area contributed by atoms with Gasteiger partial charge in [-0.2, -0.15) is 0 Å². The van der Waals surface area contributed by atoms with E-state index in [1.165, 1.54) is 5.56 Å². The van der Waals surface area contributed by atoms with Crippen LogP contribution in [0.2, 0.25) is 0 Å². The Morgan fingerprint density at radius 1 is 1.55 bits per heavy atom. The Labute approximate surface area is 66.2 Å². The van der Waals surface area contributed by atoms with Crippen LogP contribution in [-0.4, -0.2) is 18.2 Å². The van der Waals surface area contributed by atoms with Crippen LogP contribution in [0.3, 0.4) is 0 Å². The summed E-state index contributed by atoms with van der Waals surface area (Å²) in [6.45, 7) is 1.85. The van der Waals surface area contributed by atoms with Gasteiger partial charge in [0.05, 0.1) is 13.2 Å². The number of ether oxygens (including phenoxy) is 1. The van der Waals surface area contributed by atoms with Gasteiger partial charge < -0.3 is 4.74 Å². The number of hydrogen-bond acceptors (Lipinski definition) is 2. The summed E-state index contributed by atoms with van der Waals surface area (Å²) in [5, 5.41) is 0. The average Bonchev–Trinajstić information content (AvgIpc) is 1.99. The third-order valence-corrected chi connectivity index (χ3v) is 1.95. The molecule has 11 heavy (non-hydrogen) atoms. The molecule has 0 atom stereocenters. The van der Waals surface area contributed by atoms with Gasteiger partial charge in [-0.3, -0.25) is 4.98 Å². The van der Waals surface area contributed by atoms with Crippen LogP contribution in [0.15, 0.2) is 24.5 Å². The van der Waals surface area contributed by atoms with Crippen molar-refractivity contribution >= 4 is 0 Å². The molecule has 0 radical (unpaired) electrons. The van der Waals surface area contributed by atoms with Gasteiger partial charge in [-0.05, 0) is 18.1 Å². The summed E-state index contributed by atoms with van der Waals surface area (Å²) in [5.41, 5.74) is 1.32. The molecule has 0 spiro atoms. The van der Waals surface area contributed by atoms with Gasteiger partial charge in [0.1, 0.15) is 0 Å². The SMILES string of the molecule is c1cncc(CC2COC2)c1. The summed E-state index contributed by atoms with van der Waals surface area (Å²) >= 11 is 0. The molecule has 1 fully saturated rings. The smallest absolute Gasteiger partial charge is 0.0519 e. The molecule has 2 nitrogen and oxygen atoms in total. The van der Waals surface area contributed by atoms with Crippen LogP contribution in [0.25, 0.3) is 0 Å². The fourth-order valence-corrected chi connectivity index (χ4v) is 1.25. The molecule has 0 saturated carbocycles. The lowest BCUT2D eigenvalue weighted by Gasteiger charge is -2.25. The molecule has 0 amide bonds. The van der Waals surface area contributed by atoms with Gasteiger partial charge in [0.25, 0.3) is 0 Å². The molecule has 2 rings (SSSR count). The second-order valence-electron chi connectivity index (χ2n) is 2.97. The Kier molecular flexibility index (Phi) is 1.86. The quantitative estimate of drug-likeness (QED) is 0.631. The molecule has 0 bridgehead atoms. The maximum atomic E-state index is 5.09. The summed E-state index contributed by atoms with van der Waals surface area (Å²) in [6, 6.07) is 4.10. The number of nitrogens with zero attached hydrogens (tertiary/aromatic N) is 1. The number of pyridine rings is 1. The normalized spacial score (nSPS) is 17.8. The lowest BCUT2D eigenvalue weighted by Crippen LogP contribution is -2.29. The van der Waals surface area contributed by atoms with Crippen LogP contribution in [0.4, 0.5) is 0 Å². The lowest BCUT2D eigenvalue weighted by molar-refractivity contribution is -0.0312. The highest BCUT2D eigenvalue weighted by molar-refractivity contribution is 5.09. The Morgan fingerprint density at radius 2 is 2.45 bits per heavy atom. The maximum Gasteiger partial charge on any atom is 0.0519 e. The van der Waals surface area contributed by atoms with Crippen LogP contribution in [0.1, 0.15) is 5.56 Å². The van der Waals surface area contributed by atoms with E-state index in [1.54, 1.807) is 6.20 Å². The van der Waals surface area contributed by atoms with Crippen LogP contribution in [0.5, 0.6) is 0 Å². The van der Waals surface area contributed by atoms with Gasteiger partial charge in [-0.1, -0.05) is 6.07 Å². The number of hydrogen-bond donors (Lipinski definition) is 0. The van der Waals surface area contributed by atoms with Crippen molar-refractivity contribution in [1.29, 1.82) is 0 Å². The highest BCUT2D eigenvalue weighted by atomic mass is 16.5. The molecular formula is C9H11NO. The first-order valence-corrected chi connectivity index (χ1v) is 3.92. The number of rotatable bonds is 2. The summed E-state index contributed by atoms with van der Waals surface area (Å²) in [7, 11) is 0. The van der Waals surface area contributed by atoms with Crippen molar-refractivity contribution < 1.29 is 4.74 Å². The van der Waals surface area contributed by atoms with Gasteiger partial charge in [0.2, 0.25) is 0 Å². The molecule has 1 saturated heterocycles. The first kappa shape index (κ1) is 6.80. The molecule has 2 heteroatoms. The molecule has 0 aliphatic carbocycles. The summed E-state index contributed by atoms with van der Waals surface area (Å²) in [4.78, 5) is 4.06. The van der Waals surface area contributed by atoms with Gasteiger partial charge in [0.15, 0.2) is 0 Å². The molecule has 0 N–H and O–H groups in total. The zero-order valence-corrected chi connectivity index (χ0v) is 6.36. The van der Waals surface area contributed by atoms with Gasteiger partial charge >= 0.3 is 0 Å². The predicted molar refractivity (Wildman–Crippen MR) is 42.3 cm³/mol. The molecule has 58 valence electrons. The zero-order valence-electron chi connectivity index (χ0n) is 6.36. The van der Waals surface area contributed by atoms with E-state index in [0.29, 0.717) is 0 Å². The molecule has 2 heterocycles. The van der Waals surface area contributed by atoms with Gasteiger partial charge in [-0.25, -0.2) is 0 Å². The fraction of sp³-hybridized carbons (Fsp3) is 0.444. The number of aromatic nitrogens is 1. The van der Waals surface area contributed by atoms with Crippen LogP contribution in [-0.2, 0) is 11.2 Å². The minimum atomic E-state index is 0.735. The monoisotopic (exact) mass is 149 g/mol. The molecule has 1 aromatic heterocycles. The highest BCUT2D eigenvalue weighted by Crippen LogP contribution is 2.15. The zero-order chi connectivity index (χ0) is 7.52. The van der Waals surface area contributed by atoms with E-state index < -0.39 is 0 Å². The topological polar surface area (TPSA) is 22.1 Å². The van der Waals surface area contributed by atoms with Crippen molar-refractivity contribution in [3.63, 3.8) is 0 Å². The van der Waals surface area contributed by atoms with Crippen LogP contribution < -0.4 is 0 Å². The molecule has 1 aliphatic heterocycles. The maximum absolute atomic E-state index is 5.09. The van der Waals surface area contributed by atoms with E-state index in [4.69, 9.17) is 4.74 Å². The first-order chi connectivity index (χ1) is 5.45. The van der Waals surface area contributed by atoms with E-state index in [9.17, 15) is 0 Å². The van der Waals surface area contributed by atoms with E-state index in [-0.39, 0.29) is 0 Å². The van der Waals surface area contributed by atoms with Crippen molar-refractivity contribution in [2.75, 3.05) is 13.2 Å². The third-order valence-electron chi connectivity index (χ3n) is 1.95. The standard InChI is InChI=1S/C9H11NO/c1-2-8(5-10-3-1)4-9-6-11-7-9/h1-3,5,9H,4,6-7H2. The van der Waals surface area contributed by atoms with Gasteiger partial charge in [0, 0.05) is 18.3 Å². The third kappa shape index (κ3) is 1.57. The summed E-state index contributed by atoms with van der Waals surface area (Å²) < 4.78 is 5.09. The Hall–Kier alpha value is -0.890. The minimum absolute atomic E-state index is 0.735. The molecule has 1 aromatic rings. The Bertz CT molecular complexity index is 218. The van der Waals surface area contributed by atoms with Crippen LogP contribution in [0, 0.1) is 5.92 Å². The predicted octanol–water partition coefficient (Wildman–Crippen LogP) is 1.27. The summed E-state index contributed by atoms with van der Waals surface area (Å²) in [6.07, 6.45) is 4.85. The van der Waals surface area contributed by atoms with Crippen molar-refractivity contribution in [2.24, 2.45) is 5.92 Å². The van der Waals surface area contributed by atoms with Crippen molar-refractivity contribution in [3.05, 3.63) is 30.1 Å². The fourth-order valence-electron chi connectivity index (χ4n) is 1.25. The highest BCUT2D eigenvalue weighted by Gasteiger charge is 2.18. The summed E-state index contributed by atoms with van der Waals surface area (Å²) in [5.74, 6) is 0.735. The molecular weight excluding hydrogens is 138 g/mol. The second kappa shape index (κ2) is 3.01. The van der Waals surface area contributed by atoms with Crippen molar-refractivity contribution in [3.8, 4) is 0 Å².